The first kappa shape index (κ1) is 16.8. The Morgan fingerprint density at radius 1 is 1.45 bits per heavy atom. The van der Waals surface area contributed by atoms with Crippen molar-refractivity contribution in [2.45, 2.75) is 32.2 Å². The van der Waals surface area contributed by atoms with E-state index < -0.39 is 6.09 Å². The Balaban J connectivity index is 1.90. The van der Waals surface area contributed by atoms with E-state index in [2.05, 4.69) is 33.4 Å². The second-order valence-electron chi connectivity index (χ2n) is 5.20. The zero-order valence-corrected chi connectivity index (χ0v) is 14.3. The number of ether oxygens (including phenoxy) is 1. The number of hydrogen-bond acceptors (Lipinski definition) is 3. The molecular weight excluding hydrogens is 348 g/mol. The fourth-order valence-electron chi connectivity index (χ4n) is 2.72. The van der Waals surface area contributed by atoms with Gasteiger partial charge < -0.3 is 15.0 Å². The molecule has 22 heavy (non-hydrogen) atoms. The maximum atomic E-state index is 12.4. The lowest BCUT2D eigenvalue weighted by Crippen LogP contribution is -2.34. The Hall–Kier alpha value is -1.56. The molecule has 0 unspecified atom stereocenters. The Kier molecular flexibility index (Phi) is 6.24. The topological polar surface area (TPSA) is 58.6 Å². The van der Waals surface area contributed by atoms with Gasteiger partial charge in [-0.25, -0.2) is 4.79 Å². The van der Waals surface area contributed by atoms with Crippen LogP contribution in [0.25, 0.3) is 0 Å². The molecule has 1 aliphatic heterocycles. The summed E-state index contributed by atoms with van der Waals surface area (Å²) < 4.78 is 5.79. The van der Waals surface area contributed by atoms with Crippen LogP contribution in [0.2, 0.25) is 0 Å². The van der Waals surface area contributed by atoms with Gasteiger partial charge in [-0.15, -0.1) is 0 Å². The maximum absolute atomic E-state index is 12.4. The van der Waals surface area contributed by atoms with E-state index in [9.17, 15) is 9.59 Å². The lowest BCUT2D eigenvalue weighted by Gasteiger charge is -2.25. The van der Waals surface area contributed by atoms with E-state index >= 15 is 0 Å². The summed E-state index contributed by atoms with van der Waals surface area (Å²) in [6, 6.07) is 8.22. The summed E-state index contributed by atoms with van der Waals surface area (Å²) in [7, 11) is 0. The number of benzene rings is 1. The van der Waals surface area contributed by atoms with Crippen molar-refractivity contribution >= 4 is 27.9 Å². The molecular formula is C16H21BrN2O3. The lowest BCUT2D eigenvalue weighted by atomic mass is 10.0. The number of nitrogens with zero attached hydrogens (tertiary/aromatic N) is 1. The fourth-order valence-corrected chi connectivity index (χ4v) is 3.14. The van der Waals surface area contributed by atoms with Gasteiger partial charge in [-0.05, 0) is 37.5 Å². The number of likely N-dealkylation sites (tertiary alicyclic amines) is 1. The third kappa shape index (κ3) is 4.47. The van der Waals surface area contributed by atoms with Crippen LogP contribution in [0.3, 0.4) is 0 Å². The highest BCUT2D eigenvalue weighted by Crippen LogP contribution is 2.33. The molecule has 120 valence electrons. The number of alkyl carbamates (subject to hydrolysis) is 1. The maximum Gasteiger partial charge on any atom is 0.407 e. The SMILES string of the molecule is CCOC(=O)NCCC(=O)N1CCC[C@@H]1c1cccc(Br)c1. The number of carbonyl (C=O) groups excluding carboxylic acids is 2. The average Bonchev–Trinajstić information content (AvgIpc) is 2.97. The number of hydrogen-bond donors (Lipinski definition) is 1. The lowest BCUT2D eigenvalue weighted by molar-refractivity contribution is -0.132. The minimum absolute atomic E-state index is 0.0688. The van der Waals surface area contributed by atoms with Gasteiger partial charge in [0.15, 0.2) is 0 Å². The smallest absolute Gasteiger partial charge is 0.407 e. The predicted molar refractivity (Wildman–Crippen MR) is 87.5 cm³/mol. The van der Waals surface area contributed by atoms with Gasteiger partial charge in [0.05, 0.1) is 12.6 Å². The van der Waals surface area contributed by atoms with Crippen molar-refractivity contribution in [3.8, 4) is 0 Å². The number of halogens is 1. The normalized spacial score (nSPS) is 17.4. The molecule has 0 bridgehead atoms. The second kappa shape index (κ2) is 8.17. The molecule has 1 aliphatic rings. The van der Waals surface area contributed by atoms with Crippen LogP contribution < -0.4 is 5.32 Å². The quantitative estimate of drug-likeness (QED) is 0.867. The number of carbonyl (C=O) groups is 2. The number of rotatable bonds is 5. The van der Waals surface area contributed by atoms with Crippen molar-refractivity contribution in [2.75, 3.05) is 19.7 Å². The summed E-state index contributed by atoms with van der Waals surface area (Å²) in [5.74, 6) is 0.0688. The first-order valence-corrected chi connectivity index (χ1v) is 8.36. The van der Waals surface area contributed by atoms with Gasteiger partial charge in [-0.3, -0.25) is 4.79 Å². The summed E-state index contributed by atoms with van der Waals surface area (Å²) >= 11 is 3.47. The van der Waals surface area contributed by atoms with Gasteiger partial charge in [-0.2, -0.15) is 0 Å². The van der Waals surface area contributed by atoms with Gasteiger partial charge in [0, 0.05) is 24.0 Å². The zero-order valence-electron chi connectivity index (χ0n) is 12.7. The minimum Gasteiger partial charge on any atom is -0.450 e. The van der Waals surface area contributed by atoms with Crippen LogP contribution in [0.4, 0.5) is 4.79 Å². The van der Waals surface area contributed by atoms with Crippen molar-refractivity contribution in [3.63, 3.8) is 0 Å². The van der Waals surface area contributed by atoms with E-state index in [0.717, 1.165) is 29.4 Å². The van der Waals surface area contributed by atoms with Crippen LogP contribution in [-0.2, 0) is 9.53 Å². The van der Waals surface area contributed by atoms with E-state index in [1.165, 1.54) is 0 Å². The van der Waals surface area contributed by atoms with Crippen molar-refractivity contribution < 1.29 is 14.3 Å². The first-order chi connectivity index (χ1) is 10.6. The van der Waals surface area contributed by atoms with E-state index in [4.69, 9.17) is 4.74 Å². The molecule has 0 aliphatic carbocycles. The largest absolute Gasteiger partial charge is 0.450 e. The highest BCUT2D eigenvalue weighted by Gasteiger charge is 2.29. The van der Waals surface area contributed by atoms with Crippen LogP contribution in [0.1, 0.15) is 37.8 Å². The van der Waals surface area contributed by atoms with Gasteiger partial charge in [-0.1, -0.05) is 28.1 Å². The molecule has 5 nitrogen and oxygen atoms in total. The second-order valence-corrected chi connectivity index (χ2v) is 6.11. The standard InChI is InChI=1S/C16H21BrN2O3/c1-2-22-16(21)18-9-8-15(20)19-10-4-7-14(19)12-5-3-6-13(17)11-12/h3,5-6,11,14H,2,4,7-10H2,1H3,(H,18,21)/t14-/m1/s1. The highest BCUT2D eigenvalue weighted by atomic mass is 79.9. The molecule has 0 spiro atoms. The molecule has 1 aromatic carbocycles. The molecule has 1 fully saturated rings. The monoisotopic (exact) mass is 368 g/mol. The molecule has 0 aromatic heterocycles. The Morgan fingerprint density at radius 2 is 2.27 bits per heavy atom. The molecule has 6 heteroatoms. The Labute approximate surface area is 139 Å². The van der Waals surface area contributed by atoms with E-state index in [1.807, 2.05) is 17.0 Å². The van der Waals surface area contributed by atoms with Crippen LogP contribution in [-0.4, -0.2) is 36.6 Å². The molecule has 2 rings (SSSR count). The van der Waals surface area contributed by atoms with Crippen molar-refractivity contribution in [3.05, 3.63) is 34.3 Å². The number of amides is 2. The summed E-state index contributed by atoms with van der Waals surface area (Å²) in [4.78, 5) is 25.5. The predicted octanol–water partition coefficient (Wildman–Crippen LogP) is 3.25. The van der Waals surface area contributed by atoms with Gasteiger partial charge >= 0.3 is 6.09 Å². The first-order valence-electron chi connectivity index (χ1n) is 7.57. The van der Waals surface area contributed by atoms with E-state index in [-0.39, 0.29) is 11.9 Å². The molecule has 1 heterocycles. The Bertz CT molecular complexity index is 536. The molecule has 0 radical (unpaired) electrons. The molecule has 1 atom stereocenters. The van der Waals surface area contributed by atoms with Gasteiger partial charge in [0.25, 0.3) is 0 Å². The van der Waals surface area contributed by atoms with Crippen LogP contribution in [0, 0.1) is 0 Å². The van der Waals surface area contributed by atoms with Gasteiger partial charge in [0.2, 0.25) is 5.91 Å². The number of nitrogens with one attached hydrogen (secondary N) is 1. The molecule has 1 aromatic rings. The summed E-state index contributed by atoms with van der Waals surface area (Å²) in [5.41, 5.74) is 1.15. The summed E-state index contributed by atoms with van der Waals surface area (Å²) in [5, 5.41) is 2.59. The van der Waals surface area contributed by atoms with Crippen LogP contribution >= 0.6 is 15.9 Å². The molecule has 1 saturated heterocycles. The summed E-state index contributed by atoms with van der Waals surface area (Å²) in [6.45, 7) is 3.16. The zero-order chi connectivity index (χ0) is 15.9. The van der Waals surface area contributed by atoms with Crippen molar-refractivity contribution in [2.24, 2.45) is 0 Å². The highest BCUT2D eigenvalue weighted by molar-refractivity contribution is 9.10. The van der Waals surface area contributed by atoms with E-state index in [0.29, 0.717) is 19.6 Å². The third-order valence-corrected chi connectivity index (χ3v) is 4.18. The average molecular weight is 369 g/mol. The minimum atomic E-state index is -0.472. The molecule has 2 amide bonds. The Morgan fingerprint density at radius 3 is 3.00 bits per heavy atom. The summed E-state index contributed by atoms with van der Waals surface area (Å²) in [6.07, 6.45) is 1.81. The molecule has 1 N–H and O–H groups in total. The fraction of sp³-hybridized carbons (Fsp3) is 0.500. The van der Waals surface area contributed by atoms with Gasteiger partial charge in [0.1, 0.15) is 0 Å². The molecule has 0 saturated carbocycles. The van der Waals surface area contributed by atoms with Crippen LogP contribution in [0.5, 0.6) is 0 Å². The third-order valence-electron chi connectivity index (χ3n) is 3.69. The van der Waals surface area contributed by atoms with Crippen molar-refractivity contribution in [1.82, 2.24) is 10.2 Å². The van der Waals surface area contributed by atoms with E-state index in [1.54, 1.807) is 6.92 Å². The van der Waals surface area contributed by atoms with Crippen LogP contribution in [0.15, 0.2) is 28.7 Å². The van der Waals surface area contributed by atoms with Crippen molar-refractivity contribution in [1.29, 1.82) is 0 Å².